The van der Waals surface area contributed by atoms with E-state index in [2.05, 4.69) is 44.3 Å². The van der Waals surface area contributed by atoms with E-state index in [1.807, 2.05) is 30.3 Å². The number of hydrogen-bond donors (Lipinski definition) is 2. The van der Waals surface area contributed by atoms with Crippen LogP contribution in [0.25, 0.3) is 10.9 Å². The van der Waals surface area contributed by atoms with Crippen LogP contribution in [0.5, 0.6) is 11.5 Å². The van der Waals surface area contributed by atoms with E-state index < -0.39 is 0 Å². The van der Waals surface area contributed by atoms with Gasteiger partial charge in [-0.2, -0.15) is 0 Å². The summed E-state index contributed by atoms with van der Waals surface area (Å²) in [5, 5.41) is 6.94. The lowest BCUT2D eigenvalue weighted by Crippen LogP contribution is -2.24. The molecular weight excluding hydrogens is 445 g/mol. The number of likely N-dealkylation sites (N-methyl/N-ethyl adjacent to an activating group) is 1. The number of amides is 1. The Kier molecular flexibility index (Phi) is 5.77. The standard InChI is InChI=1S/C19H18IN3O3/c1-21-19(24)11-26-15-9-13(8-14(10-15)25-2)23-18-5-6-22-17-4-3-12(20)7-16(17)18/h3-10H,11H2,1-2H3,(H,21,24)(H,22,23). The number of methoxy groups -OCH3 is 1. The van der Waals surface area contributed by atoms with Crippen molar-refractivity contribution in [3.63, 3.8) is 0 Å². The fourth-order valence-electron chi connectivity index (χ4n) is 2.45. The van der Waals surface area contributed by atoms with Gasteiger partial charge in [0.15, 0.2) is 6.61 Å². The molecule has 2 N–H and O–H groups in total. The van der Waals surface area contributed by atoms with Crippen LogP contribution in [-0.2, 0) is 4.79 Å². The summed E-state index contributed by atoms with van der Waals surface area (Å²) in [4.78, 5) is 15.8. The summed E-state index contributed by atoms with van der Waals surface area (Å²) in [7, 11) is 3.16. The minimum atomic E-state index is -0.197. The summed E-state index contributed by atoms with van der Waals surface area (Å²) in [6, 6.07) is 13.4. The molecule has 0 bridgehead atoms. The summed E-state index contributed by atoms with van der Waals surface area (Å²) in [6.45, 7) is -0.0561. The van der Waals surface area contributed by atoms with Gasteiger partial charge < -0.3 is 20.1 Å². The van der Waals surface area contributed by atoms with Crippen molar-refractivity contribution >= 4 is 50.8 Å². The number of nitrogens with one attached hydrogen (secondary N) is 2. The van der Waals surface area contributed by atoms with Gasteiger partial charge in [-0.25, -0.2) is 0 Å². The van der Waals surface area contributed by atoms with Gasteiger partial charge >= 0.3 is 0 Å². The molecule has 3 rings (SSSR count). The van der Waals surface area contributed by atoms with E-state index in [9.17, 15) is 4.79 Å². The SMILES string of the molecule is CNC(=O)COc1cc(Nc2ccnc3ccc(I)cc23)cc(OC)c1. The van der Waals surface area contributed by atoms with Crippen LogP contribution >= 0.6 is 22.6 Å². The summed E-state index contributed by atoms with van der Waals surface area (Å²) in [5.74, 6) is 0.982. The molecule has 0 atom stereocenters. The average molecular weight is 463 g/mol. The van der Waals surface area contributed by atoms with Gasteiger partial charge in [0.2, 0.25) is 0 Å². The molecule has 6 nitrogen and oxygen atoms in total. The van der Waals surface area contributed by atoms with Crippen LogP contribution in [-0.4, -0.2) is 31.7 Å². The van der Waals surface area contributed by atoms with Gasteiger partial charge in [0.25, 0.3) is 5.91 Å². The van der Waals surface area contributed by atoms with Crippen LogP contribution in [0.3, 0.4) is 0 Å². The minimum absolute atomic E-state index is 0.0561. The Morgan fingerprint density at radius 1 is 1.15 bits per heavy atom. The molecule has 0 radical (unpaired) electrons. The molecule has 0 aliphatic heterocycles. The summed E-state index contributed by atoms with van der Waals surface area (Å²) >= 11 is 2.28. The molecule has 0 aliphatic carbocycles. The highest BCUT2D eigenvalue weighted by Crippen LogP contribution is 2.31. The molecule has 2 aromatic carbocycles. The van der Waals surface area contributed by atoms with Crippen molar-refractivity contribution in [2.24, 2.45) is 0 Å². The first-order valence-electron chi connectivity index (χ1n) is 7.93. The van der Waals surface area contributed by atoms with Crippen molar-refractivity contribution in [2.45, 2.75) is 0 Å². The second kappa shape index (κ2) is 8.22. The van der Waals surface area contributed by atoms with Gasteiger partial charge in [0, 0.05) is 51.8 Å². The maximum Gasteiger partial charge on any atom is 0.257 e. The van der Waals surface area contributed by atoms with Crippen LogP contribution < -0.4 is 20.1 Å². The van der Waals surface area contributed by atoms with E-state index in [-0.39, 0.29) is 12.5 Å². The van der Waals surface area contributed by atoms with Crippen LogP contribution in [0.15, 0.2) is 48.7 Å². The van der Waals surface area contributed by atoms with Gasteiger partial charge in [-0.3, -0.25) is 9.78 Å². The highest BCUT2D eigenvalue weighted by atomic mass is 127. The quantitative estimate of drug-likeness (QED) is 0.546. The number of hydrogen-bond acceptors (Lipinski definition) is 5. The number of benzene rings is 2. The summed E-state index contributed by atoms with van der Waals surface area (Å²) in [6.07, 6.45) is 1.76. The normalized spacial score (nSPS) is 10.4. The third-order valence-electron chi connectivity index (χ3n) is 3.75. The number of ether oxygens (including phenoxy) is 2. The van der Waals surface area contributed by atoms with E-state index in [4.69, 9.17) is 9.47 Å². The van der Waals surface area contributed by atoms with Gasteiger partial charge in [-0.05, 0) is 46.9 Å². The average Bonchev–Trinajstić information content (AvgIpc) is 2.66. The van der Waals surface area contributed by atoms with Crippen LogP contribution in [0.2, 0.25) is 0 Å². The predicted molar refractivity (Wildman–Crippen MR) is 110 cm³/mol. The van der Waals surface area contributed by atoms with Crippen molar-refractivity contribution < 1.29 is 14.3 Å². The molecule has 0 unspecified atom stereocenters. The first-order valence-corrected chi connectivity index (χ1v) is 9.00. The lowest BCUT2D eigenvalue weighted by molar-refractivity contribution is -0.122. The van der Waals surface area contributed by atoms with E-state index in [1.165, 1.54) is 0 Å². The number of fused-ring (bicyclic) bond motifs is 1. The lowest BCUT2D eigenvalue weighted by Gasteiger charge is -2.13. The van der Waals surface area contributed by atoms with Crippen LogP contribution in [0, 0.1) is 3.57 Å². The van der Waals surface area contributed by atoms with Gasteiger partial charge in [0.1, 0.15) is 11.5 Å². The van der Waals surface area contributed by atoms with E-state index in [0.717, 1.165) is 25.8 Å². The Morgan fingerprint density at radius 2 is 1.96 bits per heavy atom. The fraction of sp³-hybridized carbons (Fsp3) is 0.158. The van der Waals surface area contributed by atoms with E-state index in [0.29, 0.717) is 11.5 Å². The molecule has 0 saturated heterocycles. The zero-order valence-corrected chi connectivity index (χ0v) is 16.5. The first-order chi connectivity index (χ1) is 12.6. The smallest absolute Gasteiger partial charge is 0.257 e. The molecule has 134 valence electrons. The Bertz CT molecular complexity index is 946. The molecule has 0 aliphatic rings. The molecule has 3 aromatic rings. The largest absolute Gasteiger partial charge is 0.497 e. The molecule has 1 heterocycles. The zero-order valence-electron chi connectivity index (χ0n) is 14.4. The number of aromatic nitrogens is 1. The van der Waals surface area contributed by atoms with Crippen molar-refractivity contribution in [2.75, 3.05) is 26.1 Å². The number of nitrogens with zero attached hydrogens (tertiary/aromatic N) is 1. The zero-order chi connectivity index (χ0) is 18.5. The number of carbonyl (C=O) groups is 1. The molecule has 0 fully saturated rings. The Morgan fingerprint density at radius 3 is 2.73 bits per heavy atom. The first kappa shape index (κ1) is 18.2. The number of pyridine rings is 1. The second-order valence-electron chi connectivity index (χ2n) is 5.50. The predicted octanol–water partition coefficient (Wildman–Crippen LogP) is 3.72. The van der Waals surface area contributed by atoms with E-state index in [1.54, 1.807) is 26.4 Å². The minimum Gasteiger partial charge on any atom is -0.497 e. The molecular formula is C19H18IN3O3. The van der Waals surface area contributed by atoms with Crippen molar-refractivity contribution in [3.8, 4) is 11.5 Å². The second-order valence-corrected chi connectivity index (χ2v) is 6.75. The summed E-state index contributed by atoms with van der Waals surface area (Å²) < 4.78 is 12.0. The van der Waals surface area contributed by atoms with Crippen molar-refractivity contribution in [1.29, 1.82) is 0 Å². The molecule has 0 spiro atoms. The van der Waals surface area contributed by atoms with Gasteiger partial charge in [-0.15, -0.1) is 0 Å². The highest BCUT2D eigenvalue weighted by molar-refractivity contribution is 14.1. The topological polar surface area (TPSA) is 72.5 Å². The van der Waals surface area contributed by atoms with Gasteiger partial charge in [-0.1, -0.05) is 0 Å². The highest BCUT2D eigenvalue weighted by Gasteiger charge is 2.08. The molecule has 1 amide bonds. The van der Waals surface area contributed by atoms with Crippen LogP contribution in [0.1, 0.15) is 0 Å². The Hall–Kier alpha value is -2.55. The molecule has 0 saturated carbocycles. The van der Waals surface area contributed by atoms with Crippen molar-refractivity contribution in [3.05, 3.63) is 52.2 Å². The molecule has 26 heavy (non-hydrogen) atoms. The fourth-order valence-corrected chi connectivity index (χ4v) is 2.94. The molecule has 1 aromatic heterocycles. The molecule has 7 heteroatoms. The van der Waals surface area contributed by atoms with Crippen LogP contribution in [0.4, 0.5) is 11.4 Å². The third kappa shape index (κ3) is 4.34. The summed E-state index contributed by atoms with van der Waals surface area (Å²) in [5.41, 5.74) is 2.64. The third-order valence-corrected chi connectivity index (χ3v) is 4.42. The Labute approximate surface area is 165 Å². The maximum absolute atomic E-state index is 11.4. The Balaban J connectivity index is 1.92. The number of carbonyl (C=O) groups excluding carboxylic acids is 1. The monoisotopic (exact) mass is 463 g/mol. The maximum atomic E-state index is 11.4. The van der Waals surface area contributed by atoms with Gasteiger partial charge in [0.05, 0.1) is 12.6 Å². The lowest BCUT2D eigenvalue weighted by atomic mass is 10.2. The number of rotatable bonds is 6. The number of anilines is 2. The van der Waals surface area contributed by atoms with Crippen molar-refractivity contribution in [1.82, 2.24) is 10.3 Å². The number of halogens is 1. The van der Waals surface area contributed by atoms with E-state index >= 15 is 0 Å².